The van der Waals surface area contributed by atoms with Crippen molar-refractivity contribution in [1.82, 2.24) is 4.98 Å². The fourth-order valence-electron chi connectivity index (χ4n) is 2.02. The first kappa shape index (κ1) is 13.7. The van der Waals surface area contributed by atoms with Gasteiger partial charge in [0.25, 0.3) is 0 Å². The van der Waals surface area contributed by atoms with Crippen LogP contribution in [0.3, 0.4) is 0 Å². The SMILES string of the molecule is CCC1SCCSC1C(=O)c1ncccc1OC. The molecule has 0 aromatic carbocycles. The molecule has 0 aliphatic carbocycles. The highest BCUT2D eigenvalue weighted by atomic mass is 32.2. The van der Waals surface area contributed by atoms with Crippen LogP contribution in [0.15, 0.2) is 18.3 Å². The Balaban J connectivity index is 2.24. The molecule has 1 fully saturated rings. The molecule has 1 aliphatic heterocycles. The molecule has 98 valence electrons. The monoisotopic (exact) mass is 283 g/mol. The van der Waals surface area contributed by atoms with Gasteiger partial charge in [-0.2, -0.15) is 11.8 Å². The summed E-state index contributed by atoms with van der Waals surface area (Å²) in [6.07, 6.45) is 2.67. The minimum Gasteiger partial charge on any atom is -0.494 e. The van der Waals surface area contributed by atoms with Crippen LogP contribution in [-0.4, -0.2) is 39.9 Å². The Morgan fingerprint density at radius 1 is 1.50 bits per heavy atom. The second kappa shape index (κ2) is 6.48. The van der Waals surface area contributed by atoms with Gasteiger partial charge in [0.05, 0.1) is 12.4 Å². The third-order valence-corrected chi connectivity index (χ3v) is 6.18. The number of aromatic nitrogens is 1. The molecule has 0 N–H and O–H groups in total. The lowest BCUT2D eigenvalue weighted by Gasteiger charge is -2.28. The Morgan fingerprint density at radius 2 is 2.28 bits per heavy atom. The molecule has 0 spiro atoms. The van der Waals surface area contributed by atoms with E-state index in [9.17, 15) is 4.79 Å². The maximum Gasteiger partial charge on any atom is 0.199 e. The maximum atomic E-state index is 12.6. The van der Waals surface area contributed by atoms with E-state index in [-0.39, 0.29) is 11.0 Å². The van der Waals surface area contributed by atoms with E-state index >= 15 is 0 Å². The molecule has 18 heavy (non-hydrogen) atoms. The fourth-order valence-corrected chi connectivity index (χ4v) is 5.02. The zero-order chi connectivity index (χ0) is 13.0. The van der Waals surface area contributed by atoms with Gasteiger partial charge < -0.3 is 4.74 Å². The Hall–Kier alpha value is -0.680. The summed E-state index contributed by atoms with van der Waals surface area (Å²) in [5.74, 6) is 2.85. The van der Waals surface area contributed by atoms with Gasteiger partial charge in [-0.1, -0.05) is 6.92 Å². The molecule has 1 saturated heterocycles. The first-order chi connectivity index (χ1) is 8.77. The second-order valence-corrected chi connectivity index (χ2v) is 6.62. The van der Waals surface area contributed by atoms with Gasteiger partial charge in [0, 0.05) is 23.0 Å². The van der Waals surface area contributed by atoms with Crippen LogP contribution in [0.2, 0.25) is 0 Å². The van der Waals surface area contributed by atoms with Crippen molar-refractivity contribution < 1.29 is 9.53 Å². The van der Waals surface area contributed by atoms with Gasteiger partial charge in [-0.05, 0) is 18.6 Å². The molecule has 0 radical (unpaired) electrons. The highest BCUT2D eigenvalue weighted by Gasteiger charge is 2.33. The summed E-state index contributed by atoms with van der Waals surface area (Å²) in [7, 11) is 1.58. The third kappa shape index (κ3) is 2.83. The van der Waals surface area contributed by atoms with Gasteiger partial charge >= 0.3 is 0 Å². The molecule has 2 atom stereocenters. The fraction of sp³-hybridized carbons (Fsp3) is 0.538. The van der Waals surface area contributed by atoms with Crippen LogP contribution in [0.5, 0.6) is 5.75 Å². The van der Waals surface area contributed by atoms with Crippen LogP contribution < -0.4 is 4.74 Å². The predicted molar refractivity (Wildman–Crippen MR) is 77.9 cm³/mol. The zero-order valence-corrected chi connectivity index (χ0v) is 12.2. The molecule has 2 rings (SSSR count). The summed E-state index contributed by atoms with van der Waals surface area (Å²) in [5.41, 5.74) is 0.471. The van der Waals surface area contributed by atoms with Crippen LogP contribution >= 0.6 is 23.5 Å². The number of rotatable bonds is 4. The Morgan fingerprint density at radius 3 is 3.00 bits per heavy atom. The quantitative estimate of drug-likeness (QED) is 0.795. The average molecular weight is 283 g/mol. The first-order valence-corrected chi connectivity index (χ1v) is 8.14. The van der Waals surface area contributed by atoms with Crippen molar-refractivity contribution in [2.45, 2.75) is 23.8 Å². The van der Waals surface area contributed by atoms with E-state index in [2.05, 4.69) is 11.9 Å². The van der Waals surface area contributed by atoms with Gasteiger partial charge in [-0.3, -0.25) is 4.79 Å². The van der Waals surface area contributed by atoms with Gasteiger partial charge in [0.1, 0.15) is 11.4 Å². The summed E-state index contributed by atoms with van der Waals surface area (Å²) < 4.78 is 5.23. The smallest absolute Gasteiger partial charge is 0.199 e. The van der Waals surface area contributed by atoms with Crippen molar-refractivity contribution in [3.63, 3.8) is 0 Å². The predicted octanol–water partition coefficient (Wildman–Crippen LogP) is 2.90. The molecule has 0 amide bonds. The van der Waals surface area contributed by atoms with Gasteiger partial charge in [-0.25, -0.2) is 4.98 Å². The van der Waals surface area contributed by atoms with E-state index < -0.39 is 0 Å². The van der Waals surface area contributed by atoms with Crippen LogP contribution in [0.4, 0.5) is 0 Å². The van der Waals surface area contributed by atoms with Crippen molar-refractivity contribution >= 4 is 29.3 Å². The molecular formula is C13H17NO2S2. The lowest BCUT2D eigenvalue weighted by Crippen LogP contribution is -2.33. The minimum atomic E-state index is 0.0116. The lowest BCUT2D eigenvalue weighted by molar-refractivity contribution is 0.0980. The Bertz CT molecular complexity index is 425. The molecule has 1 aliphatic rings. The molecule has 3 nitrogen and oxygen atoms in total. The van der Waals surface area contributed by atoms with Crippen LogP contribution in [0.25, 0.3) is 0 Å². The van der Waals surface area contributed by atoms with Gasteiger partial charge in [0.2, 0.25) is 0 Å². The summed E-state index contributed by atoms with van der Waals surface area (Å²) in [6, 6.07) is 3.58. The topological polar surface area (TPSA) is 39.2 Å². The highest BCUT2D eigenvalue weighted by molar-refractivity contribution is 8.07. The number of carbonyl (C=O) groups excluding carboxylic acids is 1. The molecular weight excluding hydrogens is 266 g/mol. The van der Waals surface area contributed by atoms with Crippen molar-refractivity contribution in [3.05, 3.63) is 24.0 Å². The lowest BCUT2D eigenvalue weighted by atomic mass is 10.1. The maximum absolute atomic E-state index is 12.6. The first-order valence-electron chi connectivity index (χ1n) is 6.04. The summed E-state index contributed by atoms with van der Waals surface area (Å²) in [5, 5.41) is 0.403. The molecule has 2 heterocycles. The number of hydrogen-bond acceptors (Lipinski definition) is 5. The minimum absolute atomic E-state index is 0.0116. The van der Waals surface area contributed by atoms with Crippen molar-refractivity contribution in [2.24, 2.45) is 0 Å². The van der Waals surface area contributed by atoms with E-state index in [0.29, 0.717) is 16.7 Å². The molecule has 2 unspecified atom stereocenters. The van der Waals surface area contributed by atoms with Gasteiger partial charge in [0.15, 0.2) is 5.78 Å². The number of carbonyl (C=O) groups is 1. The number of ketones is 1. The van der Waals surface area contributed by atoms with Crippen LogP contribution in [-0.2, 0) is 0 Å². The van der Waals surface area contributed by atoms with Crippen molar-refractivity contribution in [2.75, 3.05) is 18.6 Å². The third-order valence-electron chi connectivity index (χ3n) is 2.94. The number of pyridine rings is 1. The van der Waals surface area contributed by atoms with Crippen LogP contribution in [0, 0.1) is 0 Å². The largest absolute Gasteiger partial charge is 0.494 e. The number of Topliss-reactive ketones (excluding diaryl/α,β-unsaturated/α-hetero) is 1. The number of hydrogen-bond donors (Lipinski definition) is 0. The number of methoxy groups -OCH3 is 1. The normalized spacial score (nSPS) is 23.7. The van der Waals surface area contributed by atoms with Gasteiger partial charge in [-0.15, -0.1) is 11.8 Å². The van der Waals surface area contributed by atoms with E-state index in [1.54, 1.807) is 37.2 Å². The highest BCUT2D eigenvalue weighted by Crippen LogP contribution is 2.36. The number of nitrogens with zero attached hydrogens (tertiary/aromatic N) is 1. The standard InChI is InChI=1S/C13H17NO2S2/c1-3-10-13(18-8-7-17-10)12(15)11-9(16-2)5-4-6-14-11/h4-6,10,13H,3,7-8H2,1-2H3. The van der Waals surface area contributed by atoms with E-state index in [1.165, 1.54) is 0 Å². The van der Waals surface area contributed by atoms with E-state index in [4.69, 9.17) is 4.74 Å². The van der Waals surface area contributed by atoms with Crippen molar-refractivity contribution in [3.8, 4) is 5.75 Å². The molecule has 0 bridgehead atoms. The summed E-state index contributed by atoms with van der Waals surface area (Å²) in [6.45, 7) is 2.14. The molecule has 5 heteroatoms. The molecule has 1 aromatic heterocycles. The number of thioether (sulfide) groups is 2. The average Bonchev–Trinajstić information content (AvgIpc) is 2.46. The summed E-state index contributed by atoms with van der Waals surface area (Å²) in [4.78, 5) is 16.8. The second-order valence-electron chi connectivity index (χ2n) is 4.03. The molecule has 0 saturated carbocycles. The number of ether oxygens (including phenoxy) is 1. The zero-order valence-electron chi connectivity index (χ0n) is 10.6. The Kier molecular flexibility index (Phi) is 4.95. The van der Waals surface area contributed by atoms with Crippen molar-refractivity contribution in [1.29, 1.82) is 0 Å². The van der Waals surface area contributed by atoms with E-state index in [1.807, 2.05) is 11.8 Å². The molecule has 1 aromatic rings. The van der Waals surface area contributed by atoms with E-state index in [0.717, 1.165) is 17.9 Å². The van der Waals surface area contributed by atoms with Crippen LogP contribution in [0.1, 0.15) is 23.8 Å². The summed E-state index contributed by atoms with van der Waals surface area (Å²) >= 11 is 3.65. The Labute approximate surface area is 116 Å².